The average Bonchev–Trinajstić information content (AvgIpc) is 2.69. The van der Waals surface area contributed by atoms with Crippen LogP contribution in [-0.4, -0.2) is 33.8 Å². The molecule has 0 aliphatic heterocycles. The molecule has 0 bridgehead atoms. The maximum atomic E-state index is 13.0. The van der Waals surface area contributed by atoms with Crippen LogP contribution in [0.5, 0.6) is 5.75 Å². The zero-order chi connectivity index (χ0) is 21.7. The summed E-state index contributed by atoms with van der Waals surface area (Å²) in [7, 11) is -2.37. The quantitative estimate of drug-likeness (QED) is 0.714. The minimum atomic E-state index is -3.80. The Balaban J connectivity index is 1.61. The predicted octanol–water partition coefficient (Wildman–Crippen LogP) is 3.98. The standard InChI is InChI=1S/C21H25FN2O5S/c1-14-6-11-19(28-2)20(12-14)30(26,27)24-17-4-3-5-18(13-17)29-21(25)23-16-9-7-15(22)8-10-16/h6-12,17-18,24H,3-5,13H2,1-2H3,(H,23,25)/t17-,18-/m1/s1. The number of carbonyl (C=O) groups is 1. The zero-order valence-corrected chi connectivity index (χ0v) is 17.7. The van der Waals surface area contributed by atoms with Crippen LogP contribution in [-0.2, 0) is 14.8 Å². The van der Waals surface area contributed by atoms with Crippen molar-refractivity contribution in [3.63, 3.8) is 0 Å². The van der Waals surface area contributed by atoms with Gasteiger partial charge in [0.05, 0.1) is 7.11 Å². The highest BCUT2D eigenvalue weighted by atomic mass is 32.2. The molecule has 1 amide bonds. The summed E-state index contributed by atoms with van der Waals surface area (Å²) in [4.78, 5) is 12.2. The number of anilines is 1. The second kappa shape index (κ2) is 9.44. The Hall–Kier alpha value is -2.65. The molecule has 7 nitrogen and oxygen atoms in total. The van der Waals surface area contributed by atoms with Crippen LogP contribution in [0.25, 0.3) is 0 Å². The van der Waals surface area contributed by atoms with Crippen LogP contribution in [0.2, 0.25) is 0 Å². The van der Waals surface area contributed by atoms with Crippen molar-refractivity contribution >= 4 is 21.8 Å². The zero-order valence-electron chi connectivity index (χ0n) is 16.9. The lowest BCUT2D eigenvalue weighted by molar-refractivity contribution is 0.0793. The minimum Gasteiger partial charge on any atom is -0.495 e. The van der Waals surface area contributed by atoms with E-state index in [9.17, 15) is 17.6 Å². The fourth-order valence-electron chi connectivity index (χ4n) is 3.47. The van der Waals surface area contributed by atoms with Crippen molar-refractivity contribution in [1.29, 1.82) is 0 Å². The Morgan fingerprint density at radius 3 is 2.57 bits per heavy atom. The number of halogens is 1. The number of rotatable bonds is 6. The largest absolute Gasteiger partial charge is 0.495 e. The number of benzene rings is 2. The van der Waals surface area contributed by atoms with E-state index >= 15 is 0 Å². The summed E-state index contributed by atoms with van der Waals surface area (Å²) < 4.78 is 52.1. The van der Waals surface area contributed by atoms with Gasteiger partial charge in [-0.05, 0) is 68.1 Å². The van der Waals surface area contributed by atoms with E-state index in [1.807, 2.05) is 6.92 Å². The van der Waals surface area contributed by atoms with Crippen LogP contribution in [0.1, 0.15) is 31.2 Å². The SMILES string of the molecule is COc1ccc(C)cc1S(=O)(=O)N[C@@H]1CCC[C@@H](OC(=O)Nc2ccc(F)cc2)C1. The first-order valence-corrected chi connectivity index (χ1v) is 11.2. The lowest BCUT2D eigenvalue weighted by atomic mass is 9.94. The summed E-state index contributed by atoms with van der Waals surface area (Å²) >= 11 is 0. The third kappa shape index (κ3) is 5.70. The smallest absolute Gasteiger partial charge is 0.411 e. The van der Waals surface area contributed by atoms with Crippen LogP contribution in [0.15, 0.2) is 47.4 Å². The Kier molecular flexibility index (Phi) is 6.94. The Labute approximate surface area is 175 Å². The molecule has 0 saturated heterocycles. The highest BCUT2D eigenvalue weighted by Crippen LogP contribution is 2.27. The van der Waals surface area contributed by atoms with E-state index in [-0.39, 0.29) is 16.7 Å². The molecule has 0 aromatic heterocycles. The summed E-state index contributed by atoms with van der Waals surface area (Å²) in [6.45, 7) is 1.81. The Morgan fingerprint density at radius 1 is 1.13 bits per heavy atom. The first kappa shape index (κ1) is 22.0. The third-order valence-electron chi connectivity index (χ3n) is 4.92. The first-order valence-electron chi connectivity index (χ1n) is 9.67. The number of nitrogens with one attached hydrogen (secondary N) is 2. The maximum absolute atomic E-state index is 13.0. The van der Waals surface area contributed by atoms with Crippen LogP contribution in [0, 0.1) is 12.7 Å². The average molecular weight is 437 g/mol. The van der Waals surface area contributed by atoms with Crippen LogP contribution in [0.3, 0.4) is 0 Å². The van der Waals surface area contributed by atoms with Gasteiger partial charge in [0, 0.05) is 18.2 Å². The molecule has 2 N–H and O–H groups in total. The van der Waals surface area contributed by atoms with Crippen molar-refractivity contribution in [2.75, 3.05) is 12.4 Å². The molecule has 1 aliphatic rings. The molecule has 2 aromatic rings. The molecule has 9 heteroatoms. The summed E-state index contributed by atoms with van der Waals surface area (Å²) in [6, 6.07) is 9.94. The van der Waals surface area contributed by atoms with Crippen molar-refractivity contribution < 1.29 is 27.1 Å². The molecule has 0 heterocycles. The van der Waals surface area contributed by atoms with Crippen LogP contribution >= 0.6 is 0 Å². The molecule has 162 valence electrons. The molecule has 0 radical (unpaired) electrons. The molecule has 1 saturated carbocycles. The molecule has 0 unspecified atom stereocenters. The van der Waals surface area contributed by atoms with Crippen molar-refractivity contribution in [2.45, 2.75) is 49.6 Å². The highest BCUT2D eigenvalue weighted by molar-refractivity contribution is 7.89. The normalized spacial score (nSPS) is 19.2. The number of hydrogen-bond donors (Lipinski definition) is 2. The van der Waals surface area contributed by atoms with E-state index < -0.39 is 28.0 Å². The molecular weight excluding hydrogens is 411 g/mol. The van der Waals surface area contributed by atoms with E-state index in [1.54, 1.807) is 18.2 Å². The van der Waals surface area contributed by atoms with Gasteiger partial charge in [-0.15, -0.1) is 0 Å². The van der Waals surface area contributed by atoms with E-state index in [0.717, 1.165) is 5.56 Å². The van der Waals surface area contributed by atoms with Gasteiger partial charge in [-0.25, -0.2) is 22.3 Å². The Bertz CT molecular complexity index is 995. The highest BCUT2D eigenvalue weighted by Gasteiger charge is 2.30. The molecule has 2 aromatic carbocycles. The van der Waals surface area contributed by atoms with E-state index in [1.165, 1.54) is 31.4 Å². The van der Waals surface area contributed by atoms with E-state index in [4.69, 9.17) is 9.47 Å². The minimum absolute atomic E-state index is 0.0853. The molecular formula is C21H25FN2O5S. The second-order valence-electron chi connectivity index (χ2n) is 7.30. The Morgan fingerprint density at radius 2 is 1.87 bits per heavy atom. The van der Waals surface area contributed by atoms with Crippen molar-refractivity contribution in [3.05, 3.63) is 53.8 Å². The summed E-state index contributed by atoms with van der Waals surface area (Å²) in [5.41, 5.74) is 1.22. The summed E-state index contributed by atoms with van der Waals surface area (Å²) in [5, 5.41) is 2.54. The predicted molar refractivity (Wildman–Crippen MR) is 111 cm³/mol. The lowest BCUT2D eigenvalue weighted by Crippen LogP contribution is -2.41. The number of aryl methyl sites for hydroxylation is 1. The molecule has 30 heavy (non-hydrogen) atoms. The number of hydrogen-bond acceptors (Lipinski definition) is 5. The topological polar surface area (TPSA) is 93.7 Å². The van der Waals surface area contributed by atoms with Gasteiger partial charge in [0.1, 0.15) is 22.6 Å². The number of sulfonamides is 1. The van der Waals surface area contributed by atoms with Crippen molar-refractivity contribution in [2.24, 2.45) is 0 Å². The second-order valence-corrected chi connectivity index (χ2v) is 8.98. The van der Waals surface area contributed by atoms with Gasteiger partial charge in [0.2, 0.25) is 10.0 Å². The fraction of sp³-hybridized carbons (Fsp3) is 0.381. The molecule has 1 fully saturated rings. The van der Waals surface area contributed by atoms with E-state index in [0.29, 0.717) is 31.4 Å². The fourth-order valence-corrected chi connectivity index (χ4v) is 5.00. The molecule has 0 spiro atoms. The van der Waals surface area contributed by atoms with Gasteiger partial charge in [-0.1, -0.05) is 6.07 Å². The number of ether oxygens (including phenoxy) is 2. The number of amides is 1. The number of methoxy groups -OCH3 is 1. The van der Waals surface area contributed by atoms with Crippen LogP contribution < -0.4 is 14.8 Å². The maximum Gasteiger partial charge on any atom is 0.411 e. The van der Waals surface area contributed by atoms with Crippen LogP contribution in [0.4, 0.5) is 14.9 Å². The summed E-state index contributed by atoms with van der Waals surface area (Å²) in [5.74, 6) is -0.128. The van der Waals surface area contributed by atoms with Crippen molar-refractivity contribution in [1.82, 2.24) is 4.72 Å². The third-order valence-corrected chi connectivity index (χ3v) is 6.46. The lowest BCUT2D eigenvalue weighted by Gasteiger charge is -2.29. The first-order chi connectivity index (χ1) is 14.3. The summed E-state index contributed by atoms with van der Waals surface area (Å²) in [6.07, 6.45) is 1.29. The van der Waals surface area contributed by atoms with Gasteiger partial charge >= 0.3 is 6.09 Å². The van der Waals surface area contributed by atoms with Crippen molar-refractivity contribution in [3.8, 4) is 5.75 Å². The van der Waals surface area contributed by atoms with Gasteiger partial charge in [-0.2, -0.15) is 0 Å². The monoisotopic (exact) mass is 436 g/mol. The van der Waals surface area contributed by atoms with E-state index in [2.05, 4.69) is 10.0 Å². The van der Waals surface area contributed by atoms with Gasteiger partial charge in [0.25, 0.3) is 0 Å². The van der Waals surface area contributed by atoms with Gasteiger partial charge < -0.3 is 9.47 Å². The van der Waals surface area contributed by atoms with Gasteiger partial charge in [0.15, 0.2) is 0 Å². The molecule has 3 rings (SSSR count). The molecule has 1 aliphatic carbocycles. The molecule has 2 atom stereocenters. The van der Waals surface area contributed by atoms with Gasteiger partial charge in [-0.3, -0.25) is 5.32 Å². The number of carbonyl (C=O) groups excluding carboxylic acids is 1.